The molecule has 1 saturated heterocycles. The van der Waals surface area contributed by atoms with Crippen LogP contribution in [0.3, 0.4) is 0 Å². The predicted octanol–water partition coefficient (Wildman–Crippen LogP) is 3.84. The summed E-state index contributed by atoms with van der Waals surface area (Å²) in [6.45, 7) is 1.77. The topological polar surface area (TPSA) is 23.6 Å². The molecular weight excluding hydrogens is 308 g/mol. The molecule has 1 aliphatic heterocycles. The zero-order chi connectivity index (χ0) is 17.6. The molecule has 0 aromatic heterocycles. The van der Waals surface area contributed by atoms with Gasteiger partial charge in [-0.1, -0.05) is 54.6 Å². The summed E-state index contributed by atoms with van der Waals surface area (Å²) in [6.07, 6.45) is 3.86. The van der Waals surface area contributed by atoms with Gasteiger partial charge >= 0.3 is 0 Å². The molecule has 132 valence electrons. The molecule has 1 fully saturated rings. The lowest BCUT2D eigenvalue weighted by molar-refractivity contribution is -0.130. The quantitative estimate of drug-likeness (QED) is 0.847. The number of amides is 1. The van der Waals surface area contributed by atoms with Crippen LogP contribution in [0.2, 0.25) is 0 Å². The number of hydrogen-bond donors (Lipinski definition) is 0. The van der Waals surface area contributed by atoms with E-state index < -0.39 is 0 Å². The number of nitrogens with zero attached hydrogens (tertiary/aromatic N) is 2. The molecule has 1 aliphatic rings. The third kappa shape index (κ3) is 4.70. The summed E-state index contributed by atoms with van der Waals surface area (Å²) in [5.41, 5.74) is 3.50. The second kappa shape index (κ2) is 8.30. The average molecular weight is 336 g/mol. The molecule has 3 rings (SSSR count). The van der Waals surface area contributed by atoms with Gasteiger partial charge in [0, 0.05) is 19.1 Å². The fraction of sp³-hybridized carbons (Fsp3) is 0.409. The van der Waals surface area contributed by atoms with E-state index in [-0.39, 0.29) is 5.91 Å². The largest absolute Gasteiger partial charge is 0.342 e. The minimum Gasteiger partial charge on any atom is -0.342 e. The van der Waals surface area contributed by atoms with Crippen molar-refractivity contribution in [1.82, 2.24) is 9.80 Å². The number of benzene rings is 2. The van der Waals surface area contributed by atoms with Crippen LogP contribution in [-0.4, -0.2) is 48.9 Å². The minimum absolute atomic E-state index is 0.256. The molecule has 0 spiro atoms. The van der Waals surface area contributed by atoms with Gasteiger partial charge in [-0.25, -0.2) is 0 Å². The third-order valence-electron chi connectivity index (χ3n) is 5.20. The monoisotopic (exact) mass is 336 g/mol. The summed E-state index contributed by atoms with van der Waals surface area (Å²) >= 11 is 0. The van der Waals surface area contributed by atoms with Gasteiger partial charge in [0.25, 0.3) is 0 Å². The Morgan fingerprint density at radius 2 is 1.64 bits per heavy atom. The van der Waals surface area contributed by atoms with Crippen LogP contribution in [0, 0.1) is 0 Å². The van der Waals surface area contributed by atoms with E-state index in [1.807, 2.05) is 18.2 Å². The molecule has 2 aromatic carbocycles. The van der Waals surface area contributed by atoms with Crippen LogP contribution in [0.15, 0.2) is 54.6 Å². The average Bonchev–Trinajstić information content (AvgIpc) is 2.89. The van der Waals surface area contributed by atoms with Gasteiger partial charge in [0.2, 0.25) is 5.91 Å². The highest BCUT2D eigenvalue weighted by molar-refractivity contribution is 5.79. The van der Waals surface area contributed by atoms with Crippen molar-refractivity contribution >= 4 is 5.91 Å². The molecule has 0 bridgehead atoms. The molecule has 1 amide bonds. The van der Waals surface area contributed by atoms with E-state index >= 15 is 0 Å². The minimum atomic E-state index is 0.256. The fourth-order valence-corrected chi connectivity index (χ4v) is 3.58. The van der Waals surface area contributed by atoms with Gasteiger partial charge in [0.1, 0.15) is 0 Å². The first-order valence-corrected chi connectivity index (χ1v) is 9.22. The molecular formula is C22H28N2O. The zero-order valence-corrected chi connectivity index (χ0v) is 15.3. The molecule has 0 saturated carbocycles. The normalized spacial score (nSPS) is 18.2. The summed E-state index contributed by atoms with van der Waals surface area (Å²) in [5.74, 6) is 0.256. The Hall–Kier alpha value is -2.13. The first-order valence-electron chi connectivity index (χ1n) is 9.22. The van der Waals surface area contributed by atoms with Crippen LogP contribution in [0.4, 0.5) is 0 Å². The van der Waals surface area contributed by atoms with Crippen molar-refractivity contribution in [3.63, 3.8) is 0 Å². The fourth-order valence-electron chi connectivity index (χ4n) is 3.58. The molecule has 3 heteroatoms. The maximum Gasteiger partial charge on any atom is 0.226 e. The highest BCUT2D eigenvalue weighted by Gasteiger charge is 2.21. The number of hydrogen-bond acceptors (Lipinski definition) is 2. The second-order valence-corrected chi connectivity index (χ2v) is 7.17. The Kier molecular flexibility index (Phi) is 5.87. The summed E-state index contributed by atoms with van der Waals surface area (Å²) in [4.78, 5) is 17.0. The predicted molar refractivity (Wildman–Crippen MR) is 103 cm³/mol. The molecule has 0 N–H and O–H groups in total. The van der Waals surface area contributed by atoms with E-state index in [4.69, 9.17) is 0 Å². The van der Waals surface area contributed by atoms with Crippen LogP contribution in [0.25, 0.3) is 11.1 Å². The van der Waals surface area contributed by atoms with E-state index in [9.17, 15) is 4.79 Å². The van der Waals surface area contributed by atoms with Gasteiger partial charge in [0.15, 0.2) is 0 Å². The van der Waals surface area contributed by atoms with Crippen LogP contribution < -0.4 is 0 Å². The van der Waals surface area contributed by atoms with Crippen molar-refractivity contribution < 1.29 is 4.79 Å². The number of carbonyl (C=O) groups is 1. The van der Waals surface area contributed by atoms with E-state index in [1.54, 1.807) is 0 Å². The Morgan fingerprint density at radius 3 is 2.32 bits per heavy atom. The van der Waals surface area contributed by atoms with E-state index in [2.05, 4.69) is 60.3 Å². The second-order valence-electron chi connectivity index (χ2n) is 7.17. The summed E-state index contributed by atoms with van der Waals surface area (Å²) < 4.78 is 0. The molecule has 2 aromatic rings. The highest BCUT2D eigenvalue weighted by Crippen LogP contribution is 2.20. The Morgan fingerprint density at radius 1 is 0.960 bits per heavy atom. The van der Waals surface area contributed by atoms with Crippen LogP contribution >= 0.6 is 0 Å². The lowest BCUT2D eigenvalue weighted by atomic mass is 10.0. The number of rotatable bonds is 4. The Balaban J connectivity index is 1.59. The number of carbonyl (C=O) groups excluding carboxylic acids is 1. The summed E-state index contributed by atoms with van der Waals surface area (Å²) in [7, 11) is 4.27. The van der Waals surface area contributed by atoms with E-state index in [1.165, 1.54) is 17.5 Å². The highest BCUT2D eigenvalue weighted by atomic mass is 16.2. The standard InChI is InChI=1S/C22H28N2O/c1-23(2)21-9-6-15-24(16-14-21)22(25)17-18-10-12-20(13-11-18)19-7-4-3-5-8-19/h3-5,7-8,10-13,21H,6,9,14-17H2,1-2H3. The maximum atomic E-state index is 12.7. The van der Waals surface area contributed by atoms with Crippen molar-refractivity contribution in [2.24, 2.45) is 0 Å². The van der Waals surface area contributed by atoms with Gasteiger partial charge < -0.3 is 9.80 Å². The molecule has 25 heavy (non-hydrogen) atoms. The van der Waals surface area contributed by atoms with Gasteiger partial charge in [-0.2, -0.15) is 0 Å². The van der Waals surface area contributed by atoms with Gasteiger partial charge in [-0.15, -0.1) is 0 Å². The molecule has 3 nitrogen and oxygen atoms in total. The number of likely N-dealkylation sites (tertiary alicyclic amines) is 1. The SMILES string of the molecule is CN(C)C1CCCN(C(=O)Cc2ccc(-c3ccccc3)cc2)CC1. The van der Waals surface area contributed by atoms with Crippen molar-refractivity contribution in [2.75, 3.05) is 27.2 Å². The van der Waals surface area contributed by atoms with Gasteiger partial charge in [-0.3, -0.25) is 4.79 Å². The third-order valence-corrected chi connectivity index (χ3v) is 5.20. The van der Waals surface area contributed by atoms with E-state index in [0.29, 0.717) is 12.5 Å². The van der Waals surface area contributed by atoms with Crippen LogP contribution in [0.1, 0.15) is 24.8 Å². The molecule has 1 atom stereocenters. The smallest absolute Gasteiger partial charge is 0.226 e. The van der Waals surface area contributed by atoms with Crippen molar-refractivity contribution in [3.8, 4) is 11.1 Å². The van der Waals surface area contributed by atoms with Crippen molar-refractivity contribution in [3.05, 3.63) is 60.2 Å². The first kappa shape index (κ1) is 17.7. The van der Waals surface area contributed by atoms with Gasteiger partial charge in [-0.05, 0) is 50.0 Å². The van der Waals surface area contributed by atoms with Crippen LogP contribution in [0.5, 0.6) is 0 Å². The molecule has 0 radical (unpaired) electrons. The summed E-state index contributed by atoms with van der Waals surface area (Å²) in [5, 5.41) is 0. The van der Waals surface area contributed by atoms with Crippen molar-refractivity contribution in [1.29, 1.82) is 0 Å². The van der Waals surface area contributed by atoms with Gasteiger partial charge in [0.05, 0.1) is 6.42 Å². The zero-order valence-electron chi connectivity index (χ0n) is 15.3. The Bertz CT molecular complexity index is 679. The molecule has 1 unspecified atom stereocenters. The maximum absolute atomic E-state index is 12.7. The lowest BCUT2D eigenvalue weighted by Gasteiger charge is -2.23. The van der Waals surface area contributed by atoms with Crippen molar-refractivity contribution in [2.45, 2.75) is 31.7 Å². The first-order chi connectivity index (χ1) is 12.1. The summed E-state index contributed by atoms with van der Waals surface area (Å²) in [6, 6.07) is 19.3. The van der Waals surface area contributed by atoms with Crippen LogP contribution in [-0.2, 0) is 11.2 Å². The van der Waals surface area contributed by atoms with E-state index in [0.717, 1.165) is 31.5 Å². The molecule has 0 aliphatic carbocycles. The lowest BCUT2D eigenvalue weighted by Crippen LogP contribution is -2.34. The Labute approximate surface area is 151 Å². The molecule has 1 heterocycles.